The third-order valence-electron chi connectivity index (χ3n) is 6.19. The number of ketones is 1. The van der Waals surface area contributed by atoms with Crippen LogP contribution in [0.5, 0.6) is 5.75 Å². The average molecular weight is 499 g/mol. The van der Waals surface area contributed by atoms with Gasteiger partial charge in [-0.3, -0.25) is 14.5 Å². The van der Waals surface area contributed by atoms with Crippen molar-refractivity contribution >= 4 is 17.6 Å². The SMILES string of the molecule is CCC(=O)c1cc(C2(c3cccc(-c4cccc(OC)c4)c3)N=C(N)N(C)C2=O)cn1CC(F)(F)F. The zero-order valence-electron chi connectivity index (χ0n) is 20.0. The van der Waals surface area contributed by atoms with Gasteiger partial charge in [0.25, 0.3) is 5.91 Å². The summed E-state index contributed by atoms with van der Waals surface area (Å²) in [4.78, 5) is 31.8. The minimum Gasteiger partial charge on any atom is -0.497 e. The van der Waals surface area contributed by atoms with Crippen molar-refractivity contribution in [3.8, 4) is 16.9 Å². The number of Topliss-reactive ketones (excluding diaryl/α,β-unsaturated/α-hetero) is 1. The number of hydrogen-bond donors (Lipinski definition) is 1. The number of guanidine groups is 1. The van der Waals surface area contributed by atoms with Crippen molar-refractivity contribution in [3.05, 3.63) is 77.6 Å². The normalized spacial score (nSPS) is 17.9. The lowest BCUT2D eigenvalue weighted by molar-refractivity contribution is -0.140. The van der Waals surface area contributed by atoms with Crippen LogP contribution in [0.25, 0.3) is 11.1 Å². The molecule has 2 aromatic carbocycles. The second-order valence-electron chi connectivity index (χ2n) is 8.49. The number of hydrogen-bond acceptors (Lipinski definition) is 5. The molecule has 1 amide bonds. The number of nitrogens with zero attached hydrogens (tertiary/aromatic N) is 3. The van der Waals surface area contributed by atoms with Crippen LogP contribution in [0.1, 0.15) is 35.0 Å². The van der Waals surface area contributed by atoms with E-state index in [9.17, 15) is 22.8 Å². The molecule has 0 fully saturated rings. The van der Waals surface area contributed by atoms with Gasteiger partial charge in [0.15, 0.2) is 17.3 Å². The number of carbonyl (C=O) groups is 2. The number of aromatic nitrogens is 1. The Morgan fingerprint density at radius 3 is 2.33 bits per heavy atom. The Bertz CT molecular complexity index is 1360. The van der Waals surface area contributed by atoms with Crippen molar-refractivity contribution in [2.24, 2.45) is 10.7 Å². The molecule has 3 aromatic rings. The molecule has 1 aromatic heterocycles. The van der Waals surface area contributed by atoms with Gasteiger partial charge in [-0.25, -0.2) is 4.99 Å². The van der Waals surface area contributed by atoms with Crippen LogP contribution in [0.2, 0.25) is 0 Å². The highest BCUT2D eigenvalue weighted by molar-refractivity contribution is 6.09. The lowest BCUT2D eigenvalue weighted by Gasteiger charge is -2.25. The molecule has 7 nitrogen and oxygen atoms in total. The van der Waals surface area contributed by atoms with E-state index in [0.29, 0.717) is 11.3 Å². The quantitative estimate of drug-likeness (QED) is 0.491. The van der Waals surface area contributed by atoms with Gasteiger partial charge in [-0.15, -0.1) is 0 Å². The summed E-state index contributed by atoms with van der Waals surface area (Å²) in [6.07, 6.45) is -3.40. The number of halogens is 3. The molecule has 0 bridgehead atoms. The van der Waals surface area contributed by atoms with E-state index < -0.39 is 30.0 Å². The van der Waals surface area contributed by atoms with E-state index >= 15 is 0 Å². The Balaban J connectivity index is 1.94. The van der Waals surface area contributed by atoms with Gasteiger partial charge in [0.05, 0.1) is 12.8 Å². The molecule has 188 valence electrons. The zero-order chi connectivity index (χ0) is 26.3. The fraction of sp³-hybridized carbons (Fsp3) is 0.269. The number of methoxy groups -OCH3 is 1. The van der Waals surface area contributed by atoms with Crippen LogP contribution >= 0.6 is 0 Å². The Morgan fingerprint density at radius 2 is 1.75 bits per heavy atom. The minimum absolute atomic E-state index is 0.00110. The molecule has 0 spiro atoms. The summed E-state index contributed by atoms with van der Waals surface area (Å²) in [5.41, 5.74) is 6.19. The highest BCUT2D eigenvalue weighted by atomic mass is 19.4. The Hall–Kier alpha value is -4.08. The van der Waals surface area contributed by atoms with Crippen molar-refractivity contribution in [2.75, 3.05) is 14.2 Å². The van der Waals surface area contributed by atoms with Gasteiger partial charge >= 0.3 is 6.18 Å². The van der Waals surface area contributed by atoms with Gasteiger partial charge in [-0.1, -0.05) is 37.3 Å². The van der Waals surface area contributed by atoms with E-state index in [1.807, 2.05) is 24.3 Å². The Kier molecular flexibility index (Phi) is 6.38. The van der Waals surface area contributed by atoms with E-state index in [1.54, 1.807) is 38.3 Å². The summed E-state index contributed by atoms with van der Waals surface area (Å²) >= 11 is 0. The van der Waals surface area contributed by atoms with Crippen molar-refractivity contribution in [2.45, 2.75) is 31.6 Å². The van der Waals surface area contributed by atoms with Crippen molar-refractivity contribution in [3.63, 3.8) is 0 Å². The molecule has 2 heterocycles. The van der Waals surface area contributed by atoms with Gasteiger partial charge in [-0.2, -0.15) is 13.2 Å². The topological polar surface area (TPSA) is 89.9 Å². The standard InChI is InChI=1S/C26H25F3N4O3/c1-4-22(34)21-13-19(14-33(21)15-25(27,28)29)26(23(35)32(2)24(30)31-26)18-9-5-7-16(11-18)17-8-6-10-20(12-17)36-3/h5-14H,4,15H2,1-3H3,(H2,30,31). The second-order valence-corrected chi connectivity index (χ2v) is 8.49. The van der Waals surface area contributed by atoms with Crippen LogP contribution in [0.3, 0.4) is 0 Å². The summed E-state index contributed by atoms with van der Waals surface area (Å²) in [5, 5.41) is 0. The predicted molar refractivity (Wildman–Crippen MR) is 129 cm³/mol. The summed E-state index contributed by atoms with van der Waals surface area (Å²) in [6.45, 7) is 0.183. The van der Waals surface area contributed by atoms with Crippen LogP contribution in [-0.2, 0) is 16.9 Å². The number of nitrogens with two attached hydrogens (primary N) is 1. The first-order valence-electron chi connectivity index (χ1n) is 11.2. The molecule has 1 aliphatic heterocycles. The summed E-state index contributed by atoms with van der Waals surface area (Å²) in [6, 6.07) is 15.6. The van der Waals surface area contributed by atoms with Gasteiger partial charge in [0, 0.05) is 25.2 Å². The summed E-state index contributed by atoms with van der Waals surface area (Å²) in [5.74, 6) is -0.471. The second kappa shape index (κ2) is 9.18. The summed E-state index contributed by atoms with van der Waals surface area (Å²) in [7, 11) is 3.00. The van der Waals surface area contributed by atoms with E-state index in [-0.39, 0.29) is 23.6 Å². The summed E-state index contributed by atoms with van der Waals surface area (Å²) < 4.78 is 46.1. The van der Waals surface area contributed by atoms with Crippen LogP contribution in [0.4, 0.5) is 13.2 Å². The molecule has 4 rings (SSSR count). The van der Waals surface area contributed by atoms with Crippen molar-refractivity contribution in [1.82, 2.24) is 9.47 Å². The molecule has 1 aliphatic rings. The maximum absolute atomic E-state index is 13.6. The van der Waals surface area contributed by atoms with Gasteiger partial charge in [0.2, 0.25) is 0 Å². The van der Waals surface area contributed by atoms with Crippen LogP contribution < -0.4 is 10.5 Å². The number of likely N-dealkylation sites (N-methyl/N-ethyl adjacent to an activating group) is 1. The maximum atomic E-state index is 13.6. The van der Waals surface area contributed by atoms with E-state index in [4.69, 9.17) is 10.5 Å². The molecule has 0 saturated heterocycles. The first kappa shape index (κ1) is 25.0. The molecule has 0 aliphatic carbocycles. The average Bonchev–Trinajstić information content (AvgIpc) is 3.37. The third-order valence-corrected chi connectivity index (χ3v) is 6.19. The minimum atomic E-state index is -4.57. The van der Waals surface area contributed by atoms with Crippen molar-refractivity contribution in [1.29, 1.82) is 0 Å². The third kappa shape index (κ3) is 4.34. The monoisotopic (exact) mass is 498 g/mol. The van der Waals surface area contributed by atoms with Crippen LogP contribution in [-0.4, -0.2) is 47.5 Å². The number of benzene rings is 2. The number of ether oxygens (including phenoxy) is 1. The lowest BCUT2D eigenvalue weighted by atomic mass is 9.82. The predicted octanol–water partition coefficient (Wildman–Crippen LogP) is 4.35. The van der Waals surface area contributed by atoms with E-state index in [0.717, 1.165) is 20.6 Å². The van der Waals surface area contributed by atoms with E-state index in [2.05, 4.69) is 4.99 Å². The van der Waals surface area contributed by atoms with Crippen LogP contribution in [0.15, 0.2) is 65.8 Å². The molecule has 1 atom stereocenters. The molecule has 36 heavy (non-hydrogen) atoms. The van der Waals surface area contributed by atoms with E-state index in [1.165, 1.54) is 19.3 Å². The Labute approximate surface area is 206 Å². The highest BCUT2D eigenvalue weighted by Gasteiger charge is 2.50. The maximum Gasteiger partial charge on any atom is 0.406 e. The first-order valence-corrected chi connectivity index (χ1v) is 11.2. The number of alkyl halides is 3. The fourth-order valence-electron chi connectivity index (χ4n) is 4.36. The molecule has 1 unspecified atom stereocenters. The molecular weight excluding hydrogens is 473 g/mol. The van der Waals surface area contributed by atoms with Crippen LogP contribution in [0, 0.1) is 0 Å². The van der Waals surface area contributed by atoms with Gasteiger partial charge < -0.3 is 15.0 Å². The first-order chi connectivity index (χ1) is 17.0. The smallest absolute Gasteiger partial charge is 0.406 e. The van der Waals surface area contributed by atoms with Gasteiger partial charge in [0.1, 0.15) is 12.3 Å². The molecule has 10 heteroatoms. The highest BCUT2D eigenvalue weighted by Crippen LogP contribution is 2.42. The number of aliphatic imine (C=N–C) groups is 1. The number of rotatable bonds is 7. The Morgan fingerprint density at radius 1 is 1.08 bits per heavy atom. The number of carbonyl (C=O) groups excluding carboxylic acids is 2. The molecule has 0 radical (unpaired) electrons. The zero-order valence-corrected chi connectivity index (χ0v) is 20.0. The van der Waals surface area contributed by atoms with Gasteiger partial charge in [-0.05, 0) is 41.0 Å². The lowest BCUT2D eigenvalue weighted by Crippen LogP contribution is -2.41. The number of amides is 1. The largest absolute Gasteiger partial charge is 0.497 e. The molecule has 0 saturated carbocycles. The molecular formula is C26H25F3N4O3. The fourth-order valence-corrected chi connectivity index (χ4v) is 4.36. The van der Waals surface area contributed by atoms with Crippen molar-refractivity contribution < 1.29 is 27.5 Å². The molecule has 2 N–H and O–H groups in total.